The third kappa shape index (κ3) is 41.6. The average Bonchev–Trinajstić information content (AvgIpc) is 1.04. The number of aliphatic hydroxyl groups is 21. The van der Waals surface area contributed by atoms with Gasteiger partial charge in [-0.1, -0.05) is 101 Å². The zero-order valence-electron chi connectivity index (χ0n) is 80.1. The lowest BCUT2D eigenvalue weighted by molar-refractivity contribution is -0.301. The first kappa shape index (κ1) is 121. The first-order valence-electron chi connectivity index (χ1n) is 47.2. The number of benzene rings is 2. The van der Waals surface area contributed by atoms with Crippen LogP contribution in [0.1, 0.15) is 112 Å². The van der Waals surface area contributed by atoms with E-state index < -0.39 is 189 Å². The summed E-state index contributed by atoms with van der Waals surface area (Å²) in [5, 5.41) is 243. The molecule has 5 aliphatic rings. The molecule has 5 saturated heterocycles. The topological polar surface area (TPSA) is 758 Å². The molecule has 10 heterocycles. The van der Waals surface area contributed by atoms with Crippen LogP contribution in [0.3, 0.4) is 0 Å². The van der Waals surface area contributed by atoms with Crippen molar-refractivity contribution in [2.75, 3.05) is 95.7 Å². The van der Waals surface area contributed by atoms with Crippen LogP contribution in [0.5, 0.6) is 0 Å². The highest BCUT2D eigenvalue weighted by Gasteiger charge is 2.48. The first-order valence-corrected chi connectivity index (χ1v) is 51.4. The zero-order chi connectivity index (χ0) is 103. The Morgan fingerprint density at radius 1 is 0.345 bits per heavy atom. The molecule has 806 valence electrons. The van der Waals surface area contributed by atoms with Crippen molar-refractivity contribution in [1.29, 1.82) is 0 Å². The zero-order valence-corrected chi connectivity index (χ0v) is 83.3. The highest BCUT2D eigenvalue weighted by Crippen LogP contribution is 2.34. The maximum atomic E-state index is 10.0. The third-order valence-corrected chi connectivity index (χ3v) is 27.2. The van der Waals surface area contributed by atoms with Crippen LogP contribution in [0.25, 0.3) is 0 Å². The number of nitrogens with two attached hydrogens (primary N) is 3. The van der Waals surface area contributed by atoms with E-state index in [1.165, 1.54) is 52.6 Å². The molecule has 29 atom stereocenters. The van der Waals surface area contributed by atoms with Crippen molar-refractivity contribution in [2.45, 2.75) is 313 Å². The van der Waals surface area contributed by atoms with Crippen LogP contribution in [0.15, 0.2) is 91.6 Å². The molecular weight excluding hydrogens is 1950 g/mol. The van der Waals surface area contributed by atoms with Gasteiger partial charge in [-0.25, -0.2) is 4.68 Å². The fourth-order valence-electron chi connectivity index (χ4n) is 14.4. The lowest BCUT2D eigenvalue weighted by atomic mass is 9.99. The number of hydrogen-bond donors (Lipinski definition) is 24. The molecule has 0 saturated carbocycles. The summed E-state index contributed by atoms with van der Waals surface area (Å²) in [4.78, 5) is 0. The molecule has 2 aromatic carbocycles. The van der Waals surface area contributed by atoms with Crippen LogP contribution in [0.4, 0.5) is 0 Å². The number of nitrogens with zero attached hydrogens (tertiary/aromatic N) is 15. The predicted molar refractivity (Wildman–Crippen MR) is 512 cm³/mol. The Kier molecular flexibility index (Phi) is 56.3. The van der Waals surface area contributed by atoms with Crippen molar-refractivity contribution in [1.82, 2.24) is 75.0 Å². The summed E-state index contributed by atoms with van der Waals surface area (Å²) in [7, 11) is 0. The van der Waals surface area contributed by atoms with Gasteiger partial charge in [0.2, 0.25) is 0 Å². The number of aliphatic hydroxyl groups excluding tert-OH is 21. The molecule has 0 bridgehead atoms. The monoisotopic (exact) mass is 2100 g/mol. The summed E-state index contributed by atoms with van der Waals surface area (Å²) < 4.78 is 68.7. The Morgan fingerprint density at radius 3 is 0.986 bits per heavy atom. The molecule has 5 aliphatic heterocycles. The minimum Gasteiger partial charge on any atom is -0.394 e. The molecule has 27 N–H and O–H groups in total. The molecule has 0 spiro atoms. The molecule has 54 heteroatoms. The molecule has 5 fully saturated rings. The van der Waals surface area contributed by atoms with Gasteiger partial charge in [0.25, 0.3) is 0 Å². The molecule has 142 heavy (non-hydrogen) atoms. The van der Waals surface area contributed by atoms with Crippen LogP contribution in [0.2, 0.25) is 0 Å². The Hall–Kier alpha value is -5.86. The SMILES string of the molecule is CC(C)CCn1cc(COCCCSC2OC(CO)C(O)C(O)C2O)nn1.CC(N)Cn1cc(COCCCSC2OC(CO)C(O)C(O)C2O)nn1.CC(O)Cn1cc(COCCCSC2OC(CO)C(O)C(O)C2O)nn1.NC(Cn1cc(COCCCSC2OC(CO)C(O)C(O)C2O)nn1)c1ccccc1.N[C@H](Cc1ccccc1)Cn1cc(COCCCOC2OC(CO)C(O)C(O)C2O)nn1. The Balaban J connectivity index is 0.000000218. The number of thioether (sulfide) groups is 4. The summed E-state index contributed by atoms with van der Waals surface area (Å²) in [6, 6.07) is 19.6. The molecular formula is C88H148N18O32S4. The second-order valence-corrected chi connectivity index (χ2v) is 39.9. The molecule has 0 amide bonds. The first-order chi connectivity index (χ1) is 68.2. The standard InChI is InChI=1S/C21H32N4O7.C20H30N4O6S.C17H31N3O6S.C15H28N4O6S.C15H27N3O7S/c22-15(9-14-5-2-1-3-6-14)10-25-11-16(23-24-25)13-30-7-4-8-31-21-20(29)19(28)18(27)17(12-26)32-21;21-15(13-5-2-1-3-6-13)10-24-9-14(22-23-24)12-29-7-4-8-31-20-19(28)18(27)17(26)16(11-25)30-20;1-11(2)4-5-20-8-12(18-19-20)10-25-6-3-7-27-17-16(24)15(23)14(22)13(9-21)26-17;1-9(16)5-19-6-10(17-18-19)8-24-3-2-4-26-15-14(23)13(22)12(21)11(7-20)25-15;1-9(20)5-18-6-10(16-17-18)8-24-3-2-4-26-15-14(23)13(22)12(21)11(7-19)25-15/h1-3,5-6,11,15,17-21,26-29H,4,7-10,12-13,22H2;1-3,5-6,9,15-20,25-28H,4,7-8,10-12,21H2;8,11,13-17,21-24H,3-7,9-10H2,1-2H3;6,9,11-15,20-23H,2-5,7-8,16H2,1H3;6,9,11-15,19-23H,2-5,7-8H2,1H3/t15-,17?,18?,19?,20?,21?;;;;/m1..../s1. The van der Waals surface area contributed by atoms with Gasteiger partial charge >= 0.3 is 0 Å². The smallest absolute Gasteiger partial charge is 0.186 e. The fraction of sp³-hybridized carbons (Fsp3) is 0.750. The lowest BCUT2D eigenvalue weighted by Gasteiger charge is -2.39. The lowest BCUT2D eigenvalue weighted by Crippen LogP contribution is -2.59. The molecule has 5 aromatic heterocycles. The van der Waals surface area contributed by atoms with Crippen LogP contribution in [-0.4, -0.2) is 446 Å². The third-order valence-electron chi connectivity index (χ3n) is 22.2. The number of aryl methyl sites for hydroxylation is 1. The molecule has 0 radical (unpaired) electrons. The van der Waals surface area contributed by atoms with Crippen molar-refractivity contribution < 1.29 is 159 Å². The van der Waals surface area contributed by atoms with Crippen molar-refractivity contribution in [3.63, 3.8) is 0 Å². The van der Waals surface area contributed by atoms with E-state index in [9.17, 15) is 97.0 Å². The molecule has 12 rings (SSSR count). The van der Waals surface area contributed by atoms with Gasteiger partial charge in [0, 0.05) is 57.7 Å². The van der Waals surface area contributed by atoms with Crippen molar-refractivity contribution in [2.24, 2.45) is 23.1 Å². The van der Waals surface area contributed by atoms with Gasteiger partial charge in [0.1, 0.15) is 172 Å². The van der Waals surface area contributed by atoms with Crippen molar-refractivity contribution in [3.05, 3.63) is 131 Å². The molecule has 28 unspecified atom stereocenters. The summed E-state index contributed by atoms with van der Waals surface area (Å²) in [6.07, 6.45) is -11.8. The number of ether oxygens (including phenoxy) is 11. The maximum absolute atomic E-state index is 10.0. The number of hydrogen-bond acceptors (Lipinski definition) is 49. The summed E-state index contributed by atoms with van der Waals surface area (Å²) in [6.45, 7) is 12.8. The van der Waals surface area contributed by atoms with E-state index in [4.69, 9.17) is 79.5 Å². The second kappa shape index (κ2) is 65.9. The van der Waals surface area contributed by atoms with Gasteiger partial charge in [0.05, 0.1) is 136 Å². The maximum Gasteiger partial charge on any atom is 0.186 e. The van der Waals surface area contributed by atoms with Gasteiger partial charge in [-0.05, 0) is 98.8 Å². The summed E-state index contributed by atoms with van der Waals surface area (Å²) in [5.41, 5.74) is 21.1. The van der Waals surface area contributed by atoms with Crippen molar-refractivity contribution >= 4 is 47.0 Å². The number of aromatic nitrogens is 15. The molecule has 50 nitrogen and oxygen atoms in total. The molecule has 7 aromatic rings. The fourth-order valence-corrected chi connectivity index (χ4v) is 18.8. The predicted octanol–water partition coefficient (Wildman–Crippen LogP) is -6.08. The minimum absolute atomic E-state index is 0.00455. The van der Waals surface area contributed by atoms with Gasteiger partial charge in [0.15, 0.2) is 6.29 Å². The summed E-state index contributed by atoms with van der Waals surface area (Å²) in [5.74, 6) is 3.11. The van der Waals surface area contributed by atoms with Crippen LogP contribution >= 0.6 is 47.0 Å². The normalized spacial score (nSPS) is 28.6. The van der Waals surface area contributed by atoms with E-state index >= 15 is 0 Å². The Bertz CT molecular complexity index is 4330. The van der Waals surface area contributed by atoms with Gasteiger partial charge in [-0.15, -0.1) is 72.5 Å². The van der Waals surface area contributed by atoms with E-state index in [0.29, 0.717) is 157 Å². The van der Waals surface area contributed by atoms with Crippen LogP contribution in [0, 0.1) is 5.92 Å². The van der Waals surface area contributed by atoms with E-state index in [1.54, 1.807) is 44.2 Å². The molecule has 0 aliphatic carbocycles. The van der Waals surface area contributed by atoms with Gasteiger partial charge in [-0.3, -0.25) is 18.7 Å². The Labute approximate surface area is 839 Å². The van der Waals surface area contributed by atoms with E-state index in [2.05, 4.69) is 65.4 Å². The van der Waals surface area contributed by atoms with Crippen LogP contribution < -0.4 is 17.2 Å². The second-order valence-electron chi connectivity index (χ2n) is 35.0. The summed E-state index contributed by atoms with van der Waals surface area (Å²) >= 11 is 5.23. The minimum atomic E-state index is -1.45. The van der Waals surface area contributed by atoms with Gasteiger partial charge < -0.3 is 177 Å². The highest BCUT2D eigenvalue weighted by molar-refractivity contribution is 8.00. The Morgan fingerprint density at radius 2 is 0.648 bits per heavy atom. The number of rotatable bonds is 54. The van der Waals surface area contributed by atoms with E-state index in [0.717, 1.165) is 42.8 Å². The van der Waals surface area contributed by atoms with Crippen molar-refractivity contribution in [3.8, 4) is 0 Å². The van der Waals surface area contributed by atoms with E-state index in [1.807, 2.05) is 84.7 Å². The van der Waals surface area contributed by atoms with E-state index in [-0.39, 0.29) is 31.3 Å². The average molecular weight is 2100 g/mol. The largest absolute Gasteiger partial charge is 0.394 e. The van der Waals surface area contributed by atoms with Gasteiger partial charge in [-0.2, -0.15) is 0 Å². The quantitative estimate of drug-likeness (QED) is 0.0158. The highest BCUT2D eigenvalue weighted by atomic mass is 32.2. The van der Waals surface area contributed by atoms with Crippen LogP contribution in [-0.2, 0) is 124 Å².